The van der Waals surface area contributed by atoms with Crippen LogP contribution in [0.1, 0.15) is 10.4 Å². The van der Waals surface area contributed by atoms with Crippen LogP contribution in [0.25, 0.3) is 22.0 Å². The van der Waals surface area contributed by atoms with Gasteiger partial charge in [0.15, 0.2) is 0 Å². The summed E-state index contributed by atoms with van der Waals surface area (Å²) in [7, 11) is 3.46. The summed E-state index contributed by atoms with van der Waals surface area (Å²) in [6, 6.07) is 14.0. The quantitative estimate of drug-likeness (QED) is 0.566. The first-order valence-corrected chi connectivity index (χ1v) is 6.46. The molecule has 0 fully saturated rings. The van der Waals surface area contributed by atoms with Crippen LogP contribution in [0.3, 0.4) is 0 Å². The molecule has 0 unspecified atom stereocenters. The fourth-order valence-electron chi connectivity index (χ4n) is 2.41. The van der Waals surface area contributed by atoms with Gasteiger partial charge in [0.25, 0.3) is 0 Å². The molecule has 98 valence electrons. The monoisotopic (exact) mass is 263 g/mol. The van der Waals surface area contributed by atoms with Gasteiger partial charge in [-0.2, -0.15) is 0 Å². The summed E-state index contributed by atoms with van der Waals surface area (Å²) in [6.07, 6.45) is 1.93. The van der Waals surface area contributed by atoms with Gasteiger partial charge in [-0.3, -0.25) is 0 Å². The summed E-state index contributed by atoms with van der Waals surface area (Å²) < 4.78 is 4.82. The number of benzene rings is 2. The Morgan fingerprint density at radius 2 is 1.90 bits per heavy atom. The molecule has 3 rings (SSSR count). The number of para-hydroxylation sites is 1. The van der Waals surface area contributed by atoms with Crippen molar-refractivity contribution < 1.29 is 9.53 Å². The van der Waals surface area contributed by atoms with E-state index in [1.54, 1.807) is 6.07 Å². The van der Waals surface area contributed by atoms with E-state index in [1.807, 2.05) is 18.3 Å². The zero-order valence-corrected chi connectivity index (χ0v) is 11.4. The van der Waals surface area contributed by atoms with Crippen LogP contribution in [0.4, 0.5) is 0 Å². The molecular formula is C16H14BNO2. The SMILES string of the molecule is Bc1ccc(-c2c[nH]c3c(C(=O)OC)cccc23)cc1. The highest BCUT2D eigenvalue weighted by molar-refractivity contribution is 6.32. The van der Waals surface area contributed by atoms with E-state index in [4.69, 9.17) is 4.74 Å². The van der Waals surface area contributed by atoms with Crippen LogP contribution in [-0.2, 0) is 4.74 Å². The number of H-pyrrole nitrogens is 1. The molecule has 0 amide bonds. The van der Waals surface area contributed by atoms with E-state index in [-0.39, 0.29) is 5.97 Å². The summed E-state index contributed by atoms with van der Waals surface area (Å²) >= 11 is 0. The number of esters is 1. The van der Waals surface area contributed by atoms with Crippen LogP contribution in [0.5, 0.6) is 0 Å². The van der Waals surface area contributed by atoms with Gasteiger partial charge in [-0.1, -0.05) is 41.9 Å². The molecule has 20 heavy (non-hydrogen) atoms. The molecule has 2 aromatic carbocycles. The van der Waals surface area contributed by atoms with Gasteiger partial charge in [-0.25, -0.2) is 4.79 Å². The highest BCUT2D eigenvalue weighted by Crippen LogP contribution is 2.30. The second-order valence-corrected chi connectivity index (χ2v) is 4.79. The maximum atomic E-state index is 11.8. The molecule has 4 heteroatoms. The lowest BCUT2D eigenvalue weighted by Gasteiger charge is -2.03. The lowest BCUT2D eigenvalue weighted by molar-refractivity contribution is 0.0603. The predicted molar refractivity (Wildman–Crippen MR) is 83.3 cm³/mol. The number of hydrogen-bond donors (Lipinski definition) is 1. The third-order valence-corrected chi connectivity index (χ3v) is 3.48. The van der Waals surface area contributed by atoms with Crippen molar-refractivity contribution in [2.24, 2.45) is 0 Å². The van der Waals surface area contributed by atoms with Crippen molar-refractivity contribution in [2.75, 3.05) is 7.11 Å². The number of aromatic nitrogens is 1. The van der Waals surface area contributed by atoms with E-state index in [0.29, 0.717) is 5.56 Å². The van der Waals surface area contributed by atoms with E-state index in [9.17, 15) is 4.79 Å². The smallest absolute Gasteiger partial charge is 0.339 e. The highest BCUT2D eigenvalue weighted by Gasteiger charge is 2.14. The molecule has 0 bridgehead atoms. The van der Waals surface area contributed by atoms with Gasteiger partial charge < -0.3 is 9.72 Å². The standard InChI is InChI=1S/C16H14BNO2/c1-20-16(19)13-4-2-3-12-14(9-18-15(12)13)10-5-7-11(17)8-6-10/h2-9,18H,17H2,1H3. The Morgan fingerprint density at radius 3 is 2.60 bits per heavy atom. The van der Waals surface area contributed by atoms with Gasteiger partial charge >= 0.3 is 5.97 Å². The predicted octanol–water partition coefficient (Wildman–Crippen LogP) is 1.88. The number of fused-ring (bicyclic) bond motifs is 1. The molecule has 1 N–H and O–H groups in total. The largest absolute Gasteiger partial charge is 0.465 e. The Kier molecular flexibility index (Phi) is 3.07. The van der Waals surface area contributed by atoms with Gasteiger partial charge in [-0.05, 0) is 11.6 Å². The number of aromatic amines is 1. The molecule has 0 spiro atoms. The fraction of sp³-hybridized carbons (Fsp3) is 0.0625. The van der Waals surface area contributed by atoms with Crippen LogP contribution in [0.15, 0.2) is 48.7 Å². The molecule has 1 heterocycles. The minimum Gasteiger partial charge on any atom is -0.465 e. The van der Waals surface area contributed by atoms with Crippen LogP contribution in [0, 0.1) is 0 Å². The average molecular weight is 263 g/mol. The summed E-state index contributed by atoms with van der Waals surface area (Å²) in [5, 5.41) is 1.02. The van der Waals surface area contributed by atoms with Gasteiger partial charge in [-0.15, -0.1) is 0 Å². The number of rotatable bonds is 2. The van der Waals surface area contributed by atoms with Gasteiger partial charge in [0.2, 0.25) is 0 Å². The van der Waals surface area contributed by atoms with E-state index < -0.39 is 0 Å². The molecular weight excluding hydrogens is 249 g/mol. The first-order chi connectivity index (χ1) is 9.70. The van der Waals surface area contributed by atoms with Gasteiger partial charge in [0.1, 0.15) is 7.85 Å². The molecule has 3 aromatic rings. The summed E-state index contributed by atoms with van der Waals surface area (Å²) in [4.78, 5) is 15.0. The van der Waals surface area contributed by atoms with Gasteiger partial charge in [0.05, 0.1) is 18.2 Å². The van der Waals surface area contributed by atoms with E-state index in [1.165, 1.54) is 12.6 Å². The first kappa shape index (κ1) is 12.5. The van der Waals surface area contributed by atoms with Crippen molar-refractivity contribution >= 4 is 30.2 Å². The average Bonchev–Trinajstić information content (AvgIpc) is 2.91. The minimum atomic E-state index is -0.326. The van der Waals surface area contributed by atoms with Crippen molar-refractivity contribution in [1.29, 1.82) is 0 Å². The number of nitrogens with one attached hydrogen (secondary N) is 1. The molecule has 0 radical (unpaired) electrons. The summed E-state index contributed by atoms with van der Waals surface area (Å²) in [5.74, 6) is -0.326. The first-order valence-electron chi connectivity index (χ1n) is 6.46. The Morgan fingerprint density at radius 1 is 1.15 bits per heavy atom. The lowest BCUT2D eigenvalue weighted by Crippen LogP contribution is -2.01. The molecule has 0 saturated carbocycles. The molecule has 0 aliphatic heterocycles. The topological polar surface area (TPSA) is 42.1 Å². The van der Waals surface area contributed by atoms with Crippen molar-refractivity contribution in [2.45, 2.75) is 0 Å². The maximum absolute atomic E-state index is 11.8. The van der Waals surface area contributed by atoms with Gasteiger partial charge in [0, 0.05) is 17.1 Å². The van der Waals surface area contributed by atoms with E-state index in [0.717, 1.165) is 22.0 Å². The molecule has 0 aliphatic rings. The number of carbonyl (C=O) groups is 1. The maximum Gasteiger partial charge on any atom is 0.339 e. The zero-order chi connectivity index (χ0) is 14.1. The zero-order valence-electron chi connectivity index (χ0n) is 11.4. The Labute approximate surface area is 118 Å². The number of hydrogen-bond acceptors (Lipinski definition) is 2. The summed E-state index contributed by atoms with van der Waals surface area (Å²) in [6.45, 7) is 0. The third kappa shape index (κ3) is 1.99. The van der Waals surface area contributed by atoms with Crippen molar-refractivity contribution in [3.8, 4) is 11.1 Å². The Balaban J connectivity index is 2.19. The number of ether oxygens (including phenoxy) is 1. The fourth-order valence-corrected chi connectivity index (χ4v) is 2.41. The van der Waals surface area contributed by atoms with Crippen molar-refractivity contribution in [3.63, 3.8) is 0 Å². The Bertz CT molecular complexity index is 775. The van der Waals surface area contributed by atoms with Crippen molar-refractivity contribution in [3.05, 3.63) is 54.2 Å². The minimum absolute atomic E-state index is 0.326. The third-order valence-electron chi connectivity index (χ3n) is 3.48. The number of methoxy groups -OCH3 is 1. The van der Waals surface area contributed by atoms with Crippen molar-refractivity contribution in [1.82, 2.24) is 4.98 Å². The molecule has 1 aromatic heterocycles. The molecule has 0 aliphatic carbocycles. The number of carbonyl (C=O) groups excluding carboxylic acids is 1. The summed E-state index contributed by atoms with van der Waals surface area (Å²) in [5.41, 5.74) is 4.82. The van der Waals surface area contributed by atoms with Crippen LogP contribution >= 0.6 is 0 Å². The molecule has 0 saturated heterocycles. The van der Waals surface area contributed by atoms with E-state index >= 15 is 0 Å². The van der Waals surface area contributed by atoms with Crippen LogP contribution in [0.2, 0.25) is 0 Å². The second kappa shape index (κ2) is 4.89. The van der Waals surface area contributed by atoms with Crippen LogP contribution in [-0.4, -0.2) is 25.9 Å². The molecule has 3 nitrogen and oxygen atoms in total. The lowest BCUT2D eigenvalue weighted by atomic mass is 9.93. The second-order valence-electron chi connectivity index (χ2n) is 4.79. The molecule has 0 atom stereocenters. The van der Waals surface area contributed by atoms with Crippen LogP contribution < -0.4 is 5.46 Å². The van der Waals surface area contributed by atoms with E-state index in [2.05, 4.69) is 37.1 Å². The Hall–Kier alpha value is -2.49. The normalized spacial score (nSPS) is 10.7. The highest BCUT2D eigenvalue weighted by atomic mass is 16.5.